The Hall–Kier alpha value is -1.17. The minimum Gasteiger partial charge on any atom is -0.394 e. The maximum atomic E-state index is 9.59. The maximum absolute atomic E-state index is 9.59. The molecule has 2 rings (SSSR count). The Morgan fingerprint density at radius 2 is 2.33 bits per heavy atom. The Balaban J connectivity index is 2.02. The standard InChI is InChI=1S/C16H27N3O2/c1-12-4-6-19(15(12)11-20)16-13(2)8-14(10-18-16)9-17-5-7-21-3/h8,10,12,15,17,20H,4-7,9,11H2,1-3H3. The van der Waals surface area contributed by atoms with Crippen LogP contribution < -0.4 is 10.2 Å². The molecule has 2 N–H and O–H groups in total. The lowest BCUT2D eigenvalue weighted by Gasteiger charge is -2.27. The minimum atomic E-state index is 0.196. The monoisotopic (exact) mass is 293 g/mol. The molecule has 0 spiro atoms. The van der Waals surface area contributed by atoms with Gasteiger partial charge in [-0.15, -0.1) is 0 Å². The van der Waals surface area contributed by atoms with Crippen molar-refractivity contribution >= 4 is 5.82 Å². The molecule has 0 amide bonds. The zero-order valence-corrected chi connectivity index (χ0v) is 13.3. The number of pyridine rings is 1. The quantitative estimate of drug-likeness (QED) is 0.743. The second-order valence-electron chi connectivity index (χ2n) is 5.86. The molecule has 118 valence electrons. The molecule has 2 heterocycles. The number of rotatable bonds is 7. The molecule has 1 aromatic heterocycles. The van der Waals surface area contributed by atoms with E-state index in [4.69, 9.17) is 4.74 Å². The Bertz CT molecular complexity index is 453. The second kappa shape index (κ2) is 7.73. The number of ether oxygens (including phenoxy) is 1. The smallest absolute Gasteiger partial charge is 0.131 e. The van der Waals surface area contributed by atoms with Gasteiger partial charge in [-0.2, -0.15) is 0 Å². The van der Waals surface area contributed by atoms with E-state index in [9.17, 15) is 5.11 Å². The van der Waals surface area contributed by atoms with Gasteiger partial charge in [-0.05, 0) is 36.5 Å². The molecule has 1 aliphatic rings. The molecule has 0 aliphatic carbocycles. The highest BCUT2D eigenvalue weighted by Gasteiger charge is 2.32. The molecule has 2 unspecified atom stereocenters. The van der Waals surface area contributed by atoms with Crippen LogP contribution in [0.1, 0.15) is 24.5 Å². The summed E-state index contributed by atoms with van der Waals surface area (Å²) >= 11 is 0. The van der Waals surface area contributed by atoms with Gasteiger partial charge in [-0.25, -0.2) is 4.98 Å². The number of aryl methyl sites for hydroxylation is 1. The Labute approximate surface area is 127 Å². The second-order valence-corrected chi connectivity index (χ2v) is 5.86. The molecule has 0 saturated carbocycles. The molecule has 1 aromatic rings. The predicted octanol–water partition coefficient (Wildman–Crippen LogP) is 1.33. The van der Waals surface area contributed by atoms with Crippen LogP contribution >= 0.6 is 0 Å². The molecule has 1 saturated heterocycles. The third-order valence-corrected chi connectivity index (χ3v) is 4.26. The Morgan fingerprint density at radius 1 is 1.52 bits per heavy atom. The van der Waals surface area contributed by atoms with Crippen molar-refractivity contribution < 1.29 is 9.84 Å². The topological polar surface area (TPSA) is 57.6 Å². The highest BCUT2D eigenvalue weighted by atomic mass is 16.5. The van der Waals surface area contributed by atoms with Crippen LogP contribution in [0.2, 0.25) is 0 Å². The number of aliphatic hydroxyl groups excluding tert-OH is 1. The molecule has 5 heteroatoms. The summed E-state index contributed by atoms with van der Waals surface area (Å²) in [5, 5.41) is 12.9. The van der Waals surface area contributed by atoms with E-state index >= 15 is 0 Å². The first kappa shape index (κ1) is 16.2. The van der Waals surface area contributed by atoms with Gasteiger partial charge in [0.1, 0.15) is 5.82 Å². The van der Waals surface area contributed by atoms with Crippen LogP contribution in [0.25, 0.3) is 0 Å². The Morgan fingerprint density at radius 3 is 3.00 bits per heavy atom. The Kier molecular flexibility index (Phi) is 5.96. The zero-order valence-electron chi connectivity index (χ0n) is 13.3. The molecule has 21 heavy (non-hydrogen) atoms. The molecule has 0 radical (unpaired) electrons. The summed E-state index contributed by atoms with van der Waals surface area (Å²) in [7, 11) is 1.71. The highest BCUT2D eigenvalue weighted by molar-refractivity contribution is 5.49. The van der Waals surface area contributed by atoms with Crippen molar-refractivity contribution in [3.05, 3.63) is 23.4 Å². The van der Waals surface area contributed by atoms with Crippen LogP contribution in [-0.2, 0) is 11.3 Å². The zero-order chi connectivity index (χ0) is 15.2. The van der Waals surface area contributed by atoms with Crippen LogP contribution in [-0.4, -0.2) is 49.5 Å². The van der Waals surface area contributed by atoms with E-state index in [1.54, 1.807) is 7.11 Å². The summed E-state index contributed by atoms with van der Waals surface area (Å²) in [5.74, 6) is 1.53. The van der Waals surface area contributed by atoms with Gasteiger partial charge in [0, 0.05) is 32.9 Å². The highest BCUT2D eigenvalue weighted by Crippen LogP contribution is 2.30. The van der Waals surface area contributed by atoms with Crippen LogP contribution in [0.3, 0.4) is 0 Å². The summed E-state index contributed by atoms with van der Waals surface area (Å²) in [6, 6.07) is 2.38. The van der Waals surface area contributed by atoms with Crippen LogP contribution in [0.5, 0.6) is 0 Å². The minimum absolute atomic E-state index is 0.196. The van der Waals surface area contributed by atoms with Gasteiger partial charge < -0.3 is 20.1 Å². The lowest BCUT2D eigenvalue weighted by molar-refractivity contribution is 0.199. The number of anilines is 1. The summed E-state index contributed by atoms with van der Waals surface area (Å²) in [5.41, 5.74) is 2.36. The summed E-state index contributed by atoms with van der Waals surface area (Å²) in [6.45, 7) is 7.83. The third kappa shape index (κ3) is 3.93. The van der Waals surface area contributed by atoms with E-state index in [-0.39, 0.29) is 12.6 Å². The maximum Gasteiger partial charge on any atom is 0.131 e. The van der Waals surface area contributed by atoms with Crippen LogP contribution in [0, 0.1) is 12.8 Å². The molecule has 1 aliphatic heterocycles. The van der Waals surface area contributed by atoms with E-state index in [0.29, 0.717) is 12.5 Å². The van der Waals surface area contributed by atoms with Crippen molar-refractivity contribution in [3.8, 4) is 0 Å². The third-order valence-electron chi connectivity index (χ3n) is 4.26. The first-order chi connectivity index (χ1) is 10.2. The summed E-state index contributed by atoms with van der Waals surface area (Å²) in [6.07, 6.45) is 3.05. The predicted molar refractivity (Wildman–Crippen MR) is 84.6 cm³/mol. The molecule has 0 aromatic carbocycles. The molecule has 0 bridgehead atoms. The molecule has 5 nitrogen and oxygen atoms in total. The number of hydrogen-bond acceptors (Lipinski definition) is 5. The van der Waals surface area contributed by atoms with Gasteiger partial charge >= 0.3 is 0 Å². The van der Waals surface area contributed by atoms with Crippen molar-refractivity contribution in [1.29, 1.82) is 0 Å². The van der Waals surface area contributed by atoms with Gasteiger partial charge in [0.15, 0.2) is 0 Å². The van der Waals surface area contributed by atoms with Crippen LogP contribution in [0.4, 0.5) is 5.82 Å². The van der Waals surface area contributed by atoms with Crippen LogP contribution in [0.15, 0.2) is 12.3 Å². The first-order valence-corrected chi connectivity index (χ1v) is 7.70. The number of aromatic nitrogens is 1. The lowest BCUT2D eigenvalue weighted by Crippen LogP contribution is -2.36. The van der Waals surface area contributed by atoms with Crippen molar-refractivity contribution in [1.82, 2.24) is 10.3 Å². The van der Waals surface area contributed by atoms with Gasteiger partial charge in [-0.1, -0.05) is 6.92 Å². The van der Waals surface area contributed by atoms with Gasteiger partial charge in [0.05, 0.1) is 19.3 Å². The fourth-order valence-electron chi connectivity index (χ4n) is 2.98. The number of methoxy groups -OCH3 is 1. The van der Waals surface area contributed by atoms with E-state index in [2.05, 4.69) is 35.1 Å². The molecular weight excluding hydrogens is 266 g/mol. The largest absolute Gasteiger partial charge is 0.394 e. The fraction of sp³-hybridized carbons (Fsp3) is 0.688. The summed E-state index contributed by atoms with van der Waals surface area (Å²) in [4.78, 5) is 6.89. The van der Waals surface area contributed by atoms with Crippen molar-refractivity contribution in [2.75, 3.05) is 38.3 Å². The van der Waals surface area contributed by atoms with E-state index in [1.165, 1.54) is 11.1 Å². The summed E-state index contributed by atoms with van der Waals surface area (Å²) < 4.78 is 5.02. The SMILES string of the molecule is COCCNCc1cnc(N2CCC(C)C2CO)c(C)c1. The average molecular weight is 293 g/mol. The van der Waals surface area contributed by atoms with E-state index in [1.807, 2.05) is 6.20 Å². The average Bonchev–Trinajstić information content (AvgIpc) is 2.84. The van der Waals surface area contributed by atoms with Crippen molar-refractivity contribution in [2.45, 2.75) is 32.9 Å². The van der Waals surface area contributed by atoms with E-state index < -0.39 is 0 Å². The first-order valence-electron chi connectivity index (χ1n) is 7.70. The van der Waals surface area contributed by atoms with E-state index in [0.717, 1.165) is 31.9 Å². The number of aliphatic hydroxyl groups is 1. The van der Waals surface area contributed by atoms with Gasteiger partial charge in [-0.3, -0.25) is 0 Å². The normalized spacial score (nSPS) is 22.0. The van der Waals surface area contributed by atoms with Crippen molar-refractivity contribution in [2.24, 2.45) is 5.92 Å². The molecular formula is C16H27N3O2. The molecule has 2 atom stereocenters. The number of nitrogens with zero attached hydrogens (tertiary/aromatic N) is 2. The number of hydrogen-bond donors (Lipinski definition) is 2. The number of nitrogens with one attached hydrogen (secondary N) is 1. The fourth-order valence-corrected chi connectivity index (χ4v) is 2.98. The van der Waals surface area contributed by atoms with Crippen molar-refractivity contribution in [3.63, 3.8) is 0 Å². The molecule has 1 fully saturated rings. The lowest BCUT2D eigenvalue weighted by atomic mass is 10.0. The van der Waals surface area contributed by atoms with Gasteiger partial charge in [0.25, 0.3) is 0 Å². The van der Waals surface area contributed by atoms with Gasteiger partial charge in [0.2, 0.25) is 0 Å².